The predicted octanol–water partition coefficient (Wildman–Crippen LogP) is 2.28. The van der Waals surface area contributed by atoms with E-state index in [4.69, 9.17) is 10.5 Å². The van der Waals surface area contributed by atoms with Gasteiger partial charge < -0.3 is 10.5 Å². The van der Waals surface area contributed by atoms with Gasteiger partial charge in [0.15, 0.2) is 0 Å². The average Bonchev–Trinajstić information content (AvgIpc) is 2.01. The molecule has 0 amide bonds. The Morgan fingerprint density at radius 1 is 1.43 bits per heavy atom. The lowest BCUT2D eigenvalue weighted by Gasteiger charge is -2.22. The molecule has 0 aliphatic heterocycles. The maximum atomic E-state index is 5.81. The van der Waals surface area contributed by atoms with Gasteiger partial charge in [0, 0.05) is 17.8 Å². The van der Waals surface area contributed by atoms with E-state index >= 15 is 0 Å². The number of ether oxygens (including phenoxy) is 1. The van der Waals surface area contributed by atoms with Gasteiger partial charge in [-0.15, -0.1) is 0 Å². The van der Waals surface area contributed by atoms with Gasteiger partial charge in [-0.25, -0.2) is 4.98 Å². The Bertz CT molecular complexity index is 302. The normalized spacial score (nSPS) is 13.8. The van der Waals surface area contributed by atoms with Gasteiger partial charge in [0.1, 0.15) is 5.60 Å². The summed E-state index contributed by atoms with van der Waals surface area (Å²) >= 11 is 0. The zero-order valence-electron chi connectivity index (χ0n) is 9.24. The Morgan fingerprint density at radius 2 is 2.07 bits per heavy atom. The second-order valence-corrected chi connectivity index (χ2v) is 4.40. The summed E-state index contributed by atoms with van der Waals surface area (Å²) in [4.78, 5) is 4.18. The van der Waals surface area contributed by atoms with E-state index in [1.807, 2.05) is 39.8 Å². The molecule has 0 bridgehead atoms. The minimum atomic E-state index is -0.238. The van der Waals surface area contributed by atoms with E-state index in [1.165, 1.54) is 0 Å². The molecule has 2 N–H and O–H groups in total. The molecule has 0 fully saturated rings. The topological polar surface area (TPSA) is 48.1 Å². The molecule has 0 saturated heterocycles. The van der Waals surface area contributed by atoms with Crippen molar-refractivity contribution < 1.29 is 4.74 Å². The fourth-order valence-corrected chi connectivity index (χ4v) is 1.13. The van der Waals surface area contributed by atoms with Crippen LogP contribution in [0.5, 0.6) is 5.88 Å². The second-order valence-electron chi connectivity index (χ2n) is 4.40. The molecule has 0 radical (unpaired) electrons. The summed E-state index contributed by atoms with van der Waals surface area (Å²) in [5.41, 5.74) is 6.52. The third-order valence-corrected chi connectivity index (χ3v) is 1.69. The van der Waals surface area contributed by atoms with Crippen LogP contribution < -0.4 is 10.5 Å². The molecule has 0 saturated carbocycles. The first-order chi connectivity index (χ1) is 6.40. The van der Waals surface area contributed by atoms with E-state index in [-0.39, 0.29) is 11.6 Å². The molecule has 1 aromatic heterocycles. The Labute approximate surface area is 85.3 Å². The number of aromatic nitrogens is 1. The van der Waals surface area contributed by atoms with Crippen LogP contribution >= 0.6 is 0 Å². The molecule has 0 aliphatic rings. The summed E-state index contributed by atoms with van der Waals surface area (Å²) < 4.78 is 5.70. The van der Waals surface area contributed by atoms with Crippen molar-refractivity contribution in [1.82, 2.24) is 4.98 Å². The van der Waals surface area contributed by atoms with Crippen LogP contribution in [-0.2, 0) is 0 Å². The van der Waals surface area contributed by atoms with Crippen molar-refractivity contribution in [2.75, 3.05) is 0 Å². The highest BCUT2D eigenvalue weighted by atomic mass is 16.5. The highest BCUT2D eigenvalue weighted by Gasteiger charge is 2.16. The van der Waals surface area contributed by atoms with Gasteiger partial charge in [-0.2, -0.15) is 0 Å². The van der Waals surface area contributed by atoms with Crippen LogP contribution in [0, 0.1) is 0 Å². The van der Waals surface area contributed by atoms with E-state index in [9.17, 15) is 0 Å². The van der Waals surface area contributed by atoms with E-state index in [1.54, 1.807) is 6.20 Å². The van der Waals surface area contributed by atoms with Crippen LogP contribution in [0.3, 0.4) is 0 Å². The highest BCUT2D eigenvalue weighted by molar-refractivity contribution is 5.28. The number of pyridine rings is 1. The maximum Gasteiger partial charge on any atom is 0.218 e. The summed E-state index contributed by atoms with van der Waals surface area (Å²) in [7, 11) is 0. The second kappa shape index (κ2) is 3.96. The third-order valence-electron chi connectivity index (χ3n) is 1.69. The Hall–Kier alpha value is -1.09. The lowest BCUT2D eigenvalue weighted by molar-refractivity contribution is 0.122. The maximum absolute atomic E-state index is 5.81. The molecule has 1 atom stereocenters. The van der Waals surface area contributed by atoms with Crippen LogP contribution in [0.2, 0.25) is 0 Å². The Kier molecular flexibility index (Phi) is 3.11. The van der Waals surface area contributed by atoms with Crippen molar-refractivity contribution in [3.8, 4) is 5.88 Å². The molecule has 78 valence electrons. The molecule has 3 heteroatoms. The Balaban J connectivity index is 2.96. The fourth-order valence-electron chi connectivity index (χ4n) is 1.13. The zero-order valence-corrected chi connectivity index (χ0v) is 9.24. The minimum Gasteiger partial charge on any atom is -0.472 e. The van der Waals surface area contributed by atoms with E-state index in [2.05, 4.69) is 4.98 Å². The molecule has 0 spiro atoms. The number of hydrogen-bond donors (Lipinski definition) is 1. The van der Waals surface area contributed by atoms with Gasteiger partial charge in [-0.05, 0) is 33.8 Å². The monoisotopic (exact) mass is 194 g/mol. The molecular formula is C11H18N2O. The fraction of sp³-hybridized carbons (Fsp3) is 0.545. The van der Waals surface area contributed by atoms with Crippen molar-refractivity contribution in [1.29, 1.82) is 0 Å². The van der Waals surface area contributed by atoms with Gasteiger partial charge in [0.05, 0.1) is 0 Å². The summed E-state index contributed by atoms with van der Waals surface area (Å²) in [5, 5.41) is 0. The SMILES string of the molecule is CC(N)c1cccnc1OC(C)(C)C. The smallest absolute Gasteiger partial charge is 0.218 e. The lowest BCUT2D eigenvalue weighted by Crippen LogP contribution is -2.25. The summed E-state index contributed by atoms with van der Waals surface area (Å²) in [5.74, 6) is 0.634. The zero-order chi connectivity index (χ0) is 10.8. The summed E-state index contributed by atoms with van der Waals surface area (Å²) in [6.07, 6.45) is 1.72. The predicted molar refractivity (Wildman–Crippen MR) is 57.2 cm³/mol. The first kappa shape index (κ1) is 11.0. The van der Waals surface area contributed by atoms with Crippen molar-refractivity contribution in [2.24, 2.45) is 5.73 Å². The van der Waals surface area contributed by atoms with Crippen LogP contribution in [0.15, 0.2) is 18.3 Å². The van der Waals surface area contributed by atoms with Gasteiger partial charge in [-0.3, -0.25) is 0 Å². The minimum absolute atomic E-state index is 0.0546. The van der Waals surface area contributed by atoms with E-state index in [0.29, 0.717) is 5.88 Å². The molecular weight excluding hydrogens is 176 g/mol. The number of hydrogen-bond acceptors (Lipinski definition) is 3. The summed E-state index contributed by atoms with van der Waals surface area (Å²) in [6.45, 7) is 7.90. The first-order valence-corrected chi connectivity index (χ1v) is 4.79. The van der Waals surface area contributed by atoms with Gasteiger partial charge in [0.2, 0.25) is 5.88 Å². The van der Waals surface area contributed by atoms with Crippen molar-refractivity contribution in [3.63, 3.8) is 0 Å². The van der Waals surface area contributed by atoms with Crippen molar-refractivity contribution in [2.45, 2.75) is 39.3 Å². The van der Waals surface area contributed by atoms with Crippen LogP contribution in [0.4, 0.5) is 0 Å². The molecule has 3 nitrogen and oxygen atoms in total. The average molecular weight is 194 g/mol. The lowest BCUT2D eigenvalue weighted by atomic mass is 10.1. The molecule has 14 heavy (non-hydrogen) atoms. The number of rotatable bonds is 2. The molecule has 1 rings (SSSR count). The largest absolute Gasteiger partial charge is 0.472 e. The van der Waals surface area contributed by atoms with E-state index < -0.39 is 0 Å². The van der Waals surface area contributed by atoms with Gasteiger partial charge in [0.25, 0.3) is 0 Å². The quantitative estimate of drug-likeness (QED) is 0.785. The van der Waals surface area contributed by atoms with Crippen LogP contribution in [-0.4, -0.2) is 10.6 Å². The number of nitrogens with two attached hydrogens (primary N) is 1. The van der Waals surface area contributed by atoms with Gasteiger partial charge >= 0.3 is 0 Å². The van der Waals surface area contributed by atoms with Crippen molar-refractivity contribution in [3.05, 3.63) is 23.9 Å². The molecule has 1 heterocycles. The molecule has 1 unspecified atom stereocenters. The molecule has 1 aromatic rings. The van der Waals surface area contributed by atoms with E-state index in [0.717, 1.165) is 5.56 Å². The summed E-state index contributed by atoms with van der Waals surface area (Å²) in [6, 6.07) is 3.76. The third kappa shape index (κ3) is 3.00. The highest BCUT2D eigenvalue weighted by Crippen LogP contribution is 2.23. The first-order valence-electron chi connectivity index (χ1n) is 4.79. The molecule has 0 aromatic carbocycles. The molecule has 0 aliphatic carbocycles. The Morgan fingerprint density at radius 3 is 2.57 bits per heavy atom. The number of nitrogens with zero attached hydrogens (tertiary/aromatic N) is 1. The van der Waals surface area contributed by atoms with Crippen LogP contribution in [0.1, 0.15) is 39.3 Å². The van der Waals surface area contributed by atoms with Crippen molar-refractivity contribution >= 4 is 0 Å². The van der Waals surface area contributed by atoms with Crippen LogP contribution in [0.25, 0.3) is 0 Å². The van der Waals surface area contributed by atoms with Gasteiger partial charge in [-0.1, -0.05) is 6.07 Å². The standard InChI is InChI=1S/C11H18N2O/c1-8(12)9-6-5-7-13-10(9)14-11(2,3)4/h5-8H,12H2,1-4H3.